The highest BCUT2D eigenvalue weighted by atomic mass is 16.5. The van der Waals surface area contributed by atoms with E-state index in [1.165, 1.54) is 51.4 Å². The van der Waals surface area contributed by atoms with E-state index < -0.39 is 0 Å². The van der Waals surface area contributed by atoms with Crippen LogP contribution >= 0.6 is 0 Å². The molecule has 98 valence electrons. The molecule has 1 heteroatoms. The van der Waals surface area contributed by atoms with Crippen LogP contribution in [0.4, 0.5) is 0 Å². The van der Waals surface area contributed by atoms with E-state index in [0.29, 0.717) is 5.92 Å². The first kappa shape index (κ1) is 16.0. The Bertz CT molecular complexity index is 152. The fourth-order valence-corrected chi connectivity index (χ4v) is 2.38. The van der Waals surface area contributed by atoms with E-state index >= 15 is 0 Å². The molecule has 16 heavy (non-hydrogen) atoms. The Morgan fingerprint density at radius 3 is 2.00 bits per heavy atom. The Morgan fingerprint density at radius 2 is 1.50 bits per heavy atom. The highest BCUT2D eigenvalue weighted by Gasteiger charge is 2.26. The van der Waals surface area contributed by atoms with E-state index in [0.717, 1.165) is 0 Å². The molecule has 1 atom stereocenters. The Morgan fingerprint density at radius 1 is 0.938 bits per heavy atom. The maximum atomic E-state index is 5.59. The number of rotatable bonds is 10. The van der Waals surface area contributed by atoms with Crippen LogP contribution < -0.4 is 0 Å². The highest BCUT2D eigenvalue weighted by Crippen LogP contribution is 2.28. The summed E-state index contributed by atoms with van der Waals surface area (Å²) in [5.74, 6) is 0.712. The van der Waals surface area contributed by atoms with Crippen LogP contribution in [0, 0.1) is 5.92 Å². The fraction of sp³-hybridized carbons (Fsp3) is 1.00. The van der Waals surface area contributed by atoms with Gasteiger partial charge in [-0.15, -0.1) is 0 Å². The first-order chi connectivity index (χ1) is 7.58. The van der Waals surface area contributed by atoms with Gasteiger partial charge in [0.05, 0.1) is 5.60 Å². The van der Waals surface area contributed by atoms with Crippen molar-refractivity contribution in [1.29, 1.82) is 0 Å². The van der Waals surface area contributed by atoms with Crippen LogP contribution in [0.15, 0.2) is 0 Å². The summed E-state index contributed by atoms with van der Waals surface area (Å²) < 4.78 is 5.59. The van der Waals surface area contributed by atoms with Crippen molar-refractivity contribution in [3.8, 4) is 0 Å². The van der Waals surface area contributed by atoms with E-state index in [2.05, 4.69) is 27.7 Å². The van der Waals surface area contributed by atoms with Gasteiger partial charge in [-0.2, -0.15) is 0 Å². The van der Waals surface area contributed by atoms with Crippen LogP contribution in [0.1, 0.15) is 79.1 Å². The van der Waals surface area contributed by atoms with Gasteiger partial charge < -0.3 is 4.74 Å². The fourth-order valence-electron chi connectivity index (χ4n) is 2.38. The molecule has 0 saturated heterocycles. The molecular weight excluding hydrogens is 196 g/mol. The third-order valence-corrected chi connectivity index (χ3v) is 3.91. The standard InChI is InChI=1S/C15H32O/c1-6-8-9-10-11-12-13-14(7-2)15(3,4)16-5/h14H,6-13H2,1-5H3. The molecule has 0 bridgehead atoms. The second-order valence-electron chi connectivity index (χ2n) is 5.47. The van der Waals surface area contributed by atoms with E-state index in [1.54, 1.807) is 0 Å². The molecule has 0 amide bonds. The molecule has 0 N–H and O–H groups in total. The molecule has 1 unspecified atom stereocenters. The first-order valence-corrected chi connectivity index (χ1v) is 7.13. The van der Waals surface area contributed by atoms with Crippen molar-refractivity contribution in [2.75, 3.05) is 7.11 Å². The molecule has 0 spiro atoms. The van der Waals surface area contributed by atoms with Gasteiger partial charge in [0, 0.05) is 7.11 Å². The predicted molar refractivity (Wildman–Crippen MR) is 72.9 cm³/mol. The van der Waals surface area contributed by atoms with Crippen molar-refractivity contribution in [2.24, 2.45) is 5.92 Å². The maximum absolute atomic E-state index is 5.59. The van der Waals surface area contributed by atoms with Gasteiger partial charge in [-0.3, -0.25) is 0 Å². The van der Waals surface area contributed by atoms with Gasteiger partial charge >= 0.3 is 0 Å². The lowest BCUT2D eigenvalue weighted by molar-refractivity contribution is -0.0328. The number of hydrogen-bond acceptors (Lipinski definition) is 1. The number of unbranched alkanes of at least 4 members (excludes halogenated alkanes) is 5. The Kier molecular flexibility index (Phi) is 9.02. The summed E-state index contributed by atoms with van der Waals surface area (Å²) >= 11 is 0. The molecule has 0 aromatic carbocycles. The molecule has 0 aliphatic heterocycles. The third kappa shape index (κ3) is 6.52. The zero-order chi connectivity index (χ0) is 12.4. The van der Waals surface area contributed by atoms with E-state index in [1.807, 2.05) is 7.11 Å². The highest BCUT2D eigenvalue weighted by molar-refractivity contribution is 4.77. The minimum atomic E-state index is 0.0537. The van der Waals surface area contributed by atoms with Crippen LogP contribution in [0.25, 0.3) is 0 Å². The number of hydrogen-bond donors (Lipinski definition) is 0. The Hall–Kier alpha value is -0.0400. The molecule has 0 radical (unpaired) electrons. The van der Waals surface area contributed by atoms with Crippen LogP contribution in [-0.4, -0.2) is 12.7 Å². The molecule has 0 heterocycles. The molecule has 0 aliphatic rings. The zero-order valence-corrected chi connectivity index (χ0v) is 12.1. The van der Waals surface area contributed by atoms with Gasteiger partial charge in [-0.25, -0.2) is 0 Å². The van der Waals surface area contributed by atoms with Gasteiger partial charge in [0.1, 0.15) is 0 Å². The molecule has 1 nitrogen and oxygen atoms in total. The van der Waals surface area contributed by atoms with E-state index in [4.69, 9.17) is 4.74 Å². The third-order valence-electron chi connectivity index (χ3n) is 3.91. The monoisotopic (exact) mass is 228 g/mol. The average molecular weight is 228 g/mol. The van der Waals surface area contributed by atoms with Crippen LogP contribution in [0.2, 0.25) is 0 Å². The van der Waals surface area contributed by atoms with Crippen molar-refractivity contribution in [1.82, 2.24) is 0 Å². The Labute approximate surface area is 103 Å². The van der Waals surface area contributed by atoms with Gasteiger partial charge in [-0.1, -0.05) is 58.8 Å². The lowest BCUT2D eigenvalue weighted by Crippen LogP contribution is -2.32. The zero-order valence-electron chi connectivity index (χ0n) is 12.1. The summed E-state index contributed by atoms with van der Waals surface area (Å²) in [5, 5.41) is 0. The van der Waals surface area contributed by atoms with Crippen LogP contribution in [-0.2, 0) is 4.74 Å². The second-order valence-corrected chi connectivity index (χ2v) is 5.47. The lowest BCUT2D eigenvalue weighted by atomic mass is 9.84. The first-order valence-electron chi connectivity index (χ1n) is 7.13. The molecular formula is C15H32O. The van der Waals surface area contributed by atoms with Gasteiger partial charge in [0.25, 0.3) is 0 Å². The van der Waals surface area contributed by atoms with E-state index in [-0.39, 0.29) is 5.60 Å². The molecule has 0 saturated carbocycles. The van der Waals surface area contributed by atoms with Crippen LogP contribution in [0.5, 0.6) is 0 Å². The van der Waals surface area contributed by atoms with Crippen molar-refractivity contribution >= 4 is 0 Å². The van der Waals surface area contributed by atoms with Crippen molar-refractivity contribution in [2.45, 2.75) is 84.7 Å². The SMILES string of the molecule is CCCCCCCCC(CC)C(C)(C)OC. The summed E-state index contributed by atoms with van der Waals surface area (Å²) in [7, 11) is 1.84. The van der Waals surface area contributed by atoms with E-state index in [9.17, 15) is 0 Å². The Balaban J connectivity index is 3.64. The average Bonchev–Trinajstić information content (AvgIpc) is 2.28. The smallest absolute Gasteiger partial charge is 0.0650 e. The topological polar surface area (TPSA) is 9.23 Å². The van der Waals surface area contributed by atoms with Crippen LogP contribution in [0.3, 0.4) is 0 Å². The maximum Gasteiger partial charge on any atom is 0.0650 e. The van der Waals surface area contributed by atoms with Crippen molar-refractivity contribution < 1.29 is 4.74 Å². The summed E-state index contributed by atoms with van der Waals surface area (Å²) in [6.07, 6.45) is 10.9. The summed E-state index contributed by atoms with van der Waals surface area (Å²) in [6, 6.07) is 0. The molecule has 0 fully saturated rings. The lowest BCUT2D eigenvalue weighted by Gasteiger charge is -2.32. The molecule has 0 aromatic rings. The van der Waals surface area contributed by atoms with Gasteiger partial charge in [-0.05, 0) is 26.2 Å². The largest absolute Gasteiger partial charge is 0.379 e. The number of ether oxygens (including phenoxy) is 1. The molecule has 0 aliphatic carbocycles. The van der Waals surface area contributed by atoms with Gasteiger partial charge in [0.15, 0.2) is 0 Å². The normalized spacial score (nSPS) is 14.1. The summed E-state index contributed by atoms with van der Waals surface area (Å²) in [6.45, 7) is 8.99. The second kappa shape index (κ2) is 9.04. The summed E-state index contributed by atoms with van der Waals surface area (Å²) in [4.78, 5) is 0. The minimum Gasteiger partial charge on any atom is -0.379 e. The van der Waals surface area contributed by atoms with Gasteiger partial charge in [0.2, 0.25) is 0 Å². The quantitative estimate of drug-likeness (QED) is 0.468. The van der Waals surface area contributed by atoms with Crippen molar-refractivity contribution in [3.05, 3.63) is 0 Å². The number of methoxy groups -OCH3 is 1. The summed E-state index contributed by atoms with van der Waals surface area (Å²) in [5.41, 5.74) is 0.0537. The predicted octanol–water partition coefficient (Wildman–Crippen LogP) is 5.19. The minimum absolute atomic E-state index is 0.0537. The molecule has 0 aromatic heterocycles. The molecule has 0 rings (SSSR count). The van der Waals surface area contributed by atoms with Crippen molar-refractivity contribution in [3.63, 3.8) is 0 Å².